The normalized spacial score (nSPS) is 11.1. The van der Waals surface area contributed by atoms with Crippen LogP contribution < -0.4 is 4.90 Å². The van der Waals surface area contributed by atoms with E-state index >= 15 is 0 Å². The molecule has 0 aliphatic heterocycles. The Kier molecular flexibility index (Phi) is 7.86. The van der Waals surface area contributed by atoms with E-state index in [9.17, 15) is 4.79 Å². The summed E-state index contributed by atoms with van der Waals surface area (Å²) in [5, 5.41) is 0.749. The fourth-order valence-electron chi connectivity index (χ4n) is 3.53. The van der Waals surface area contributed by atoms with Crippen molar-refractivity contribution in [1.82, 2.24) is 9.88 Å². The van der Waals surface area contributed by atoms with Gasteiger partial charge in [0.2, 0.25) is 0 Å². The molecule has 0 aliphatic carbocycles. The Morgan fingerprint density at radius 2 is 1.76 bits per heavy atom. The molecule has 0 radical (unpaired) electrons. The minimum atomic E-state index is -0.0464. The SMILES string of the molecule is CCN(CC)CCN(C(=O)c1cc(C)oc1C)c1nc2cc(C)cc(C)c2s1.Cl. The number of amides is 1. The number of benzene rings is 1. The van der Waals surface area contributed by atoms with E-state index in [1.165, 1.54) is 11.1 Å². The molecule has 1 aromatic carbocycles. The molecule has 0 fully saturated rings. The minimum Gasteiger partial charge on any atom is -0.466 e. The summed E-state index contributed by atoms with van der Waals surface area (Å²) in [6.07, 6.45) is 0. The van der Waals surface area contributed by atoms with Crippen LogP contribution in [0.2, 0.25) is 0 Å². The van der Waals surface area contributed by atoms with Gasteiger partial charge in [-0.3, -0.25) is 9.69 Å². The lowest BCUT2D eigenvalue weighted by Gasteiger charge is -2.24. The van der Waals surface area contributed by atoms with Gasteiger partial charge >= 0.3 is 0 Å². The van der Waals surface area contributed by atoms with Crippen LogP contribution in [0.5, 0.6) is 0 Å². The highest BCUT2D eigenvalue weighted by Crippen LogP contribution is 2.33. The van der Waals surface area contributed by atoms with Crippen LogP contribution in [0.1, 0.15) is 46.9 Å². The first-order valence-electron chi connectivity index (χ1n) is 9.83. The van der Waals surface area contributed by atoms with Crippen LogP contribution in [0, 0.1) is 27.7 Å². The number of fused-ring (bicyclic) bond motifs is 1. The van der Waals surface area contributed by atoms with Crippen LogP contribution in [0.25, 0.3) is 10.2 Å². The maximum absolute atomic E-state index is 13.4. The van der Waals surface area contributed by atoms with Crippen LogP contribution in [0.15, 0.2) is 22.6 Å². The van der Waals surface area contributed by atoms with Gasteiger partial charge in [-0.05, 0) is 64.0 Å². The quantitative estimate of drug-likeness (QED) is 0.489. The standard InChI is InChI=1S/C22H29N3O2S.ClH/c1-7-24(8-2)9-10-25(21(26)18-13-16(5)27-17(18)6)22-23-19-12-14(3)11-15(4)20(19)28-22;/h11-13H,7-10H2,1-6H3;1H. The smallest absolute Gasteiger partial charge is 0.263 e. The summed E-state index contributed by atoms with van der Waals surface area (Å²) < 4.78 is 6.75. The monoisotopic (exact) mass is 435 g/mol. The number of halogens is 1. The number of nitrogens with zero attached hydrogens (tertiary/aromatic N) is 3. The van der Waals surface area contributed by atoms with Gasteiger partial charge < -0.3 is 9.32 Å². The third kappa shape index (κ3) is 5.00. The predicted molar refractivity (Wildman–Crippen MR) is 124 cm³/mol. The second kappa shape index (κ2) is 9.74. The lowest BCUT2D eigenvalue weighted by molar-refractivity contribution is 0.0982. The topological polar surface area (TPSA) is 49.6 Å². The minimum absolute atomic E-state index is 0. The van der Waals surface area contributed by atoms with Gasteiger partial charge in [0.05, 0.1) is 15.8 Å². The fourth-order valence-corrected chi connectivity index (χ4v) is 4.57. The highest BCUT2D eigenvalue weighted by Gasteiger charge is 2.25. The van der Waals surface area contributed by atoms with Crippen molar-refractivity contribution in [2.45, 2.75) is 41.5 Å². The van der Waals surface area contributed by atoms with Crippen molar-refractivity contribution in [3.8, 4) is 0 Å². The van der Waals surface area contributed by atoms with E-state index in [2.05, 4.69) is 44.7 Å². The van der Waals surface area contributed by atoms with E-state index in [0.717, 1.165) is 40.7 Å². The number of hydrogen-bond donors (Lipinski definition) is 0. The van der Waals surface area contributed by atoms with Gasteiger partial charge in [0.1, 0.15) is 11.5 Å². The molecule has 0 saturated carbocycles. The summed E-state index contributed by atoms with van der Waals surface area (Å²) in [7, 11) is 0. The van der Waals surface area contributed by atoms with Gasteiger partial charge in [-0.2, -0.15) is 0 Å². The Labute approximate surface area is 183 Å². The Balaban J connectivity index is 0.00000300. The van der Waals surface area contributed by atoms with Gasteiger partial charge in [-0.15, -0.1) is 12.4 Å². The van der Waals surface area contributed by atoms with Crippen molar-refractivity contribution in [2.75, 3.05) is 31.1 Å². The largest absolute Gasteiger partial charge is 0.466 e. The molecule has 2 aromatic heterocycles. The average molecular weight is 436 g/mol. The van der Waals surface area contributed by atoms with Gasteiger partial charge in [-0.25, -0.2) is 4.98 Å². The molecular formula is C22H30ClN3O2S. The first kappa shape index (κ1) is 23.4. The van der Waals surface area contributed by atoms with Crippen LogP contribution >= 0.6 is 23.7 Å². The van der Waals surface area contributed by atoms with E-state index < -0.39 is 0 Å². The van der Waals surface area contributed by atoms with Gasteiger partial charge in [0.25, 0.3) is 5.91 Å². The number of furan rings is 1. The van der Waals surface area contributed by atoms with E-state index in [0.29, 0.717) is 17.9 Å². The molecule has 29 heavy (non-hydrogen) atoms. The lowest BCUT2D eigenvalue weighted by atomic mass is 10.1. The second-order valence-electron chi connectivity index (χ2n) is 7.24. The molecule has 2 heterocycles. The molecule has 158 valence electrons. The van der Waals surface area contributed by atoms with E-state index in [1.54, 1.807) is 11.3 Å². The average Bonchev–Trinajstić information content (AvgIpc) is 3.21. The van der Waals surface area contributed by atoms with Crippen LogP contribution in [-0.2, 0) is 0 Å². The maximum Gasteiger partial charge on any atom is 0.263 e. The van der Waals surface area contributed by atoms with Gasteiger partial charge in [0, 0.05) is 13.1 Å². The van der Waals surface area contributed by atoms with Crippen molar-refractivity contribution in [3.63, 3.8) is 0 Å². The Morgan fingerprint density at radius 1 is 1.07 bits per heavy atom. The summed E-state index contributed by atoms with van der Waals surface area (Å²) in [5.41, 5.74) is 3.96. The van der Waals surface area contributed by atoms with Gasteiger partial charge in [-0.1, -0.05) is 31.3 Å². The van der Waals surface area contributed by atoms with Gasteiger partial charge in [0.15, 0.2) is 5.13 Å². The predicted octanol–water partition coefficient (Wildman–Crippen LogP) is 5.53. The number of anilines is 1. The number of carbonyl (C=O) groups excluding carboxylic acids is 1. The molecule has 7 heteroatoms. The maximum atomic E-state index is 13.4. The third-order valence-electron chi connectivity index (χ3n) is 5.09. The molecule has 1 amide bonds. The third-order valence-corrected chi connectivity index (χ3v) is 6.32. The van der Waals surface area contributed by atoms with Crippen molar-refractivity contribution < 1.29 is 9.21 Å². The molecule has 0 unspecified atom stereocenters. The summed E-state index contributed by atoms with van der Waals surface area (Å²) in [6, 6.07) is 6.07. The Hall–Kier alpha value is -1.89. The molecule has 0 spiro atoms. The zero-order chi connectivity index (χ0) is 20.4. The number of aromatic nitrogens is 1. The number of rotatable bonds is 7. The second-order valence-corrected chi connectivity index (χ2v) is 8.21. The summed E-state index contributed by atoms with van der Waals surface area (Å²) in [5.74, 6) is 1.36. The van der Waals surface area contributed by atoms with Crippen LogP contribution in [-0.4, -0.2) is 42.0 Å². The fraction of sp³-hybridized carbons (Fsp3) is 0.455. The van der Waals surface area contributed by atoms with Crippen molar-refractivity contribution in [3.05, 3.63) is 46.4 Å². The molecule has 3 aromatic rings. The van der Waals surface area contributed by atoms with E-state index in [1.807, 2.05) is 24.8 Å². The highest BCUT2D eigenvalue weighted by molar-refractivity contribution is 7.22. The first-order valence-corrected chi connectivity index (χ1v) is 10.6. The summed E-state index contributed by atoms with van der Waals surface area (Å²) >= 11 is 1.59. The molecule has 0 N–H and O–H groups in total. The number of carbonyl (C=O) groups is 1. The number of likely N-dealkylation sites (N-methyl/N-ethyl adjacent to an activating group) is 1. The molecular weight excluding hydrogens is 406 g/mol. The number of aryl methyl sites for hydroxylation is 4. The lowest BCUT2D eigenvalue weighted by Crippen LogP contribution is -2.39. The Bertz CT molecular complexity index is 992. The van der Waals surface area contributed by atoms with Crippen molar-refractivity contribution in [2.24, 2.45) is 0 Å². The molecule has 0 aliphatic rings. The van der Waals surface area contributed by atoms with Crippen molar-refractivity contribution >= 4 is 45.0 Å². The zero-order valence-corrected chi connectivity index (χ0v) is 19.7. The molecule has 0 saturated heterocycles. The molecule has 0 atom stereocenters. The van der Waals surface area contributed by atoms with Crippen molar-refractivity contribution in [1.29, 1.82) is 0 Å². The summed E-state index contributed by atoms with van der Waals surface area (Å²) in [6.45, 7) is 15.5. The molecule has 3 rings (SSSR count). The number of hydrogen-bond acceptors (Lipinski definition) is 5. The number of thiazole rings is 1. The van der Waals surface area contributed by atoms with E-state index in [-0.39, 0.29) is 18.3 Å². The Morgan fingerprint density at radius 3 is 2.34 bits per heavy atom. The molecule has 0 bridgehead atoms. The van der Waals surface area contributed by atoms with Crippen LogP contribution in [0.4, 0.5) is 5.13 Å². The highest BCUT2D eigenvalue weighted by atomic mass is 35.5. The first-order chi connectivity index (χ1) is 13.3. The summed E-state index contributed by atoms with van der Waals surface area (Å²) in [4.78, 5) is 22.4. The zero-order valence-electron chi connectivity index (χ0n) is 18.0. The van der Waals surface area contributed by atoms with E-state index in [4.69, 9.17) is 9.40 Å². The van der Waals surface area contributed by atoms with Crippen LogP contribution in [0.3, 0.4) is 0 Å². The molecule has 5 nitrogen and oxygen atoms in total.